The zero-order valence-corrected chi connectivity index (χ0v) is 7.58. The first-order valence-electron chi connectivity index (χ1n) is 4.64. The van der Waals surface area contributed by atoms with Gasteiger partial charge in [-0.25, -0.2) is 0 Å². The van der Waals surface area contributed by atoms with Crippen LogP contribution in [0, 0.1) is 5.92 Å². The number of aliphatic hydroxyl groups is 1. The number of nitrogens with zero attached hydrogens (tertiary/aromatic N) is 1. The lowest BCUT2D eigenvalue weighted by molar-refractivity contribution is 0.0294. The van der Waals surface area contributed by atoms with Crippen LogP contribution in [0.5, 0.6) is 0 Å². The Hall–Kier alpha value is -0.0800. The van der Waals surface area contributed by atoms with Gasteiger partial charge in [-0.15, -0.1) is 0 Å². The number of likely N-dealkylation sites (tertiary alicyclic amines) is 1. The van der Waals surface area contributed by atoms with Crippen molar-refractivity contribution in [2.24, 2.45) is 5.92 Å². The summed E-state index contributed by atoms with van der Waals surface area (Å²) in [5, 5.41) is 9.53. The summed E-state index contributed by atoms with van der Waals surface area (Å²) in [5.41, 5.74) is 0. The van der Waals surface area contributed by atoms with E-state index in [4.69, 9.17) is 0 Å². The van der Waals surface area contributed by atoms with Crippen LogP contribution in [0.4, 0.5) is 0 Å². The van der Waals surface area contributed by atoms with Gasteiger partial charge in [0.15, 0.2) is 0 Å². The van der Waals surface area contributed by atoms with E-state index in [1.54, 1.807) is 0 Å². The summed E-state index contributed by atoms with van der Waals surface area (Å²) >= 11 is 0. The summed E-state index contributed by atoms with van der Waals surface area (Å²) in [6, 6.07) is 0. The molecule has 66 valence electrons. The maximum atomic E-state index is 9.53. The van der Waals surface area contributed by atoms with Crippen LogP contribution in [0.15, 0.2) is 0 Å². The van der Waals surface area contributed by atoms with Crippen LogP contribution in [0.3, 0.4) is 0 Å². The molecule has 0 aromatic rings. The molecule has 11 heavy (non-hydrogen) atoms. The van der Waals surface area contributed by atoms with E-state index < -0.39 is 0 Å². The van der Waals surface area contributed by atoms with Gasteiger partial charge in [-0.05, 0) is 31.8 Å². The van der Waals surface area contributed by atoms with Gasteiger partial charge in [-0.2, -0.15) is 0 Å². The lowest BCUT2D eigenvalue weighted by atomic mass is 9.96. The van der Waals surface area contributed by atoms with Crippen molar-refractivity contribution in [2.75, 3.05) is 19.6 Å². The highest BCUT2D eigenvalue weighted by atomic mass is 16.3. The second kappa shape index (κ2) is 4.07. The second-order valence-electron chi connectivity index (χ2n) is 3.63. The monoisotopic (exact) mass is 157 g/mol. The highest BCUT2D eigenvalue weighted by molar-refractivity contribution is 4.76. The average molecular weight is 157 g/mol. The summed E-state index contributed by atoms with van der Waals surface area (Å²) in [7, 11) is 0. The Morgan fingerprint density at radius 1 is 1.55 bits per heavy atom. The third kappa shape index (κ3) is 2.46. The standard InChI is InChI=1S/C9H19NO/c1-3-5-10-6-4-8(2)9(11)7-10/h8-9,11H,3-7H2,1-2H3. The SMILES string of the molecule is CCCN1CCC(C)C(O)C1. The van der Waals surface area contributed by atoms with Crippen LogP contribution in [-0.2, 0) is 0 Å². The van der Waals surface area contributed by atoms with Crippen molar-refractivity contribution in [2.45, 2.75) is 32.8 Å². The van der Waals surface area contributed by atoms with Crippen molar-refractivity contribution in [3.05, 3.63) is 0 Å². The predicted molar refractivity (Wildman–Crippen MR) is 46.5 cm³/mol. The van der Waals surface area contributed by atoms with E-state index in [1.165, 1.54) is 13.0 Å². The molecular formula is C9H19NO. The molecule has 1 aliphatic heterocycles. The minimum Gasteiger partial charge on any atom is -0.392 e. The summed E-state index contributed by atoms with van der Waals surface area (Å²) in [6.07, 6.45) is 2.26. The molecule has 0 radical (unpaired) electrons. The molecule has 1 rings (SSSR count). The molecule has 2 unspecified atom stereocenters. The van der Waals surface area contributed by atoms with Crippen LogP contribution >= 0.6 is 0 Å². The van der Waals surface area contributed by atoms with Gasteiger partial charge in [0.2, 0.25) is 0 Å². The van der Waals surface area contributed by atoms with Gasteiger partial charge in [-0.1, -0.05) is 13.8 Å². The highest BCUT2D eigenvalue weighted by Crippen LogP contribution is 2.16. The third-order valence-electron chi connectivity index (χ3n) is 2.54. The van der Waals surface area contributed by atoms with Gasteiger partial charge in [0.05, 0.1) is 6.10 Å². The fraction of sp³-hybridized carbons (Fsp3) is 1.00. The number of hydrogen-bond acceptors (Lipinski definition) is 2. The van der Waals surface area contributed by atoms with Crippen LogP contribution in [0.2, 0.25) is 0 Å². The van der Waals surface area contributed by atoms with Crippen molar-refractivity contribution in [3.63, 3.8) is 0 Å². The van der Waals surface area contributed by atoms with Crippen molar-refractivity contribution < 1.29 is 5.11 Å². The fourth-order valence-electron chi connectivity index (χ4n) is 1.63. The Kier molecular flexibility index (Phi) is 3.34. The van der Waals surface area contributed by atoms with E-state index in [-0.39, 0.29) is 6.10 Å². The minimum atomic E-state index is -0.0877. The second-order valence-corrected chi connectivity index (χ2v) is 3.63. The molecule has 1 heterocycles. The van der Waals surface area contributed by atoms with E-state index in [9.17, 15) is 5.11 Å². The first-order chi connectivity index (χ1) is 5.24. The smallest absolute Gasteiger partial charge is 0.0693 e. The summed E-state index contributed by atoms with van der Waals surface area (Å²) in [4.78, 5) is 2.35. The number of aliphatic hydroxyl groups excluding tert-OH is 1. The molecule has 2 nitrogen and oxygen atoms in total. The number of rotatable bonds is 2. The summed E-state index contributed by atoms with van der Waals surface area (Å²) < 4.78 is 0. The minimum absolute atomic E-state index is 0.0877. The molecule has 2 heteroatoms. The van der Waals surface area contributed by atoms with Crippen LogP contribution < -0.4 is 0 Å². The molecule has 1 fully saturated rings. The Morgan fingerprint density at radius 3 is 2.82 bits per heavy atom. The number of piperidine rings is 1. The Morgan fingerprint density at radius 2 is 2.27 bits per heavy atom. The van der Waals surface area contributed by atoms with Gasteiger partial charge in [0, 0.05) is 6.54 Å². The predicted octanol–water partition coefficient (Wildman–Crippen LogP) is 1.10. The van der Waals surface area contributed by atoms with Crippen molar-refractivity contribution in [3.8, 4) is 0 Å². The van der Waals surface area contributed by atoms with E-state index in [0.717, 1.165) is 19.5 Å². The zero-order valence-electron chi connectivity index (χ0n) is 7.58. The van der Waals surface area contributed by atoms with Crippen molar-refractivity contribution in [1.82, 2.24) is 4.90 Å². The molecule has 0 aromatic carbocycles. The third-order valence-corrected chi connectivity index (χ3v) is 2.54. The maximum absolute atomic E-state index is 9.53. The van der Waals surface area contributed by atoms with E-state index in [0.29, 0.717) is 5.92 Å². The van der Waals surface area contributed by atoms with Gasteiger partial charge in [0.1, 0.15) is 0 Å². The molecule has 0 aromatic heterocycles. The molecule has 0 saturated carbocycles. The molecule has 0 amide bonds. The topological polar surface area (TPSA) is 23.5 Å². The molecule has 1 saturated heterocycles. The molecular weight excluding hydrogens is 138 g/mol. The Labute approximate surface area is 69.2 Å². The Balaban J connectivity index is 2.28. The van der Waals surface area contributed by atoms with E-state index in [1.807, 2.05) is 0 Å². The molecule has 1 aliphatic rings. The lowest BCUT2D eigenvalue weighted by Gasteiger charge is -2.33. The van der Waals surface area contributed by atoms with Crippen LogP contribution in [0.1, 0.15) is 26.7 Å². The zero-order chi connectivity index (χ0) is 8.27. The average Bonchev–Trinajstić information content (AvgIpc) is 1.98. The number of β-amino-alcohol motifs (C(OH)–C–C–N with tert-alkyl or cyclic N) is 1. The molecule has 0 aliphatic carbocycles. The lowest BCUT2D eigenvalue weighted by Crippen LogP contribution is -2.42. The van der Waals surface area contributed by atoms with Crippen LogP contribution in [0.25, 0.3) is 0 Å². The molecule has 0 spiro atoms. The van der Waals surface area contributed by atoms with Gasteiger partial charge in [-0.3, -0.25) is 0 Å². The summed E-state index contributed by atoms with van der Waals surface area (Å²) in [5.74, 6) is 0.503. The van der Waals surface area contributed by atoms with E-state index in [2.05, 4.69) is 18.7 Å². The first-order valence-corrected chi connectivity index (χ1v) is 4.64. The van der Waals surface area contributed by atoms with Crippen molar-refractivity contribution >= 4 is 0 Å². The summed E-state index contributed by atoms with van der Waals surface area (Å²) in [6.45, 7) is 7.52. The fourth-order valence-corrected chi connectivity index (χ4v) is 1.63. The normalized spacial score (nSPS) is 34.1. The maximum Gasteiger partial charge on any atom is 0.0693 e. The first kappa shape index (κ1) is 9.01. The van der Waals surface area contributed by atoms with Gasteiger partial charge < -0.3 is 10.0 Å². The molecule has 2 atom stereocenters. The van der Waals surface area contributed by atoms with Gasteiger partial charge >= 0.3 is 0 Å². The number of hydrogen-bond donors (Lipinski definition) is 1. The Bertz CT molecular complexity index is 116. The van der Waals surface area contributed by atoms with Gasteiger partial charge in [0.25, 0.3) is 0 Å². The van der Waals surface area contributed by atoms with Crippen LogP contribution in [-0.4, -0.2) is 35.7 Å². The quantitative estimate of drug-likeness (QED) is 0.649. The van der Waals surface area contributed by atoms with E-state index >= 15 is 0 Å². The molecule has 1 N–H and O–H groups in total. The van der Waals surface area contributed by atoms with Crippen molar-refractivity contribution in [1.29, 1.82) is 0 Å². The molecule has 0 bridgehead atoms. The highest BCUT2D eigenvalue weighted by Gasteiger charge is 2.22. The largest absolute Gasteiger partial charge is 0.392 e.